The molecule has 0 radical (unpaired) electrons. The van der Waals surface area contributed by atoms with Crippen molar-refractivity contribution in [1.29, 1.82) is 0 Å². The van der Waals surface area contributed by atoms with Gasteiger partial charge < -0.3 is 10.1 Å². The number of rotatable bonds is 13. The average Bonchev–Trinajstić information content (AvgIpc) is 3.37. The van der Waals surface area contributed by atoms with Crippen molar-refractivity contribution in [2.24, 2.45) is 4.99 Å². The van der Waals surface area contributed by atoms with Crippen molar-refractivity contribution >= 4 is 5.84 Å². The molecule has 0 spiro atoms. The minimum atomic E-state index is 0.586. The monoisotopic (exact) mass is 518 g/mol. The summed E-state index contributed by atoms with van der Waals surface area (Å²) in [7, 11) is 1.71. The first-order valence-corrected chi connectivity index (χ1v) is 14.1. The Balaban J connectivity index is 0.00000352. The van der Waals surface area contributed by atoms with Crippen molar-refractivity contribution in [3.63, 3.8) is 0 Å². The summed E-state index contributed by atoms with van der Waals surface area (Å²) in [5.41, 5.74) is 6.56. The molecule has 0 aliphatic rings. The van der Waals surface area contributed by atoms with Crippen LogP contribution < -0.4 is 10.1 Å². The molecule has 0 amide bonds. The summed E-state index contributed by atoms with van der Waals surface area (Å²) in [5, 5.41) is 7.96. The molecule has 0 aliphatic carbocycles. The normalized spacial score (nSPS) is 12.7. The number of hydrogen-bond acceptors (Lipinski definition) is 3. The van der Waals surface area contributed by atoms with Gasteiger partial charge in [-0.15, -0.1) is 0 Å². The third-order valence-corrected chi connectivity index (χ3v) is 5.79. The molecule has 2 aromatic rings. The number of allylic oxidation sites excluding steroid dienone is 5. The van der Waals surface area contributed by atoms with Crippen LogP contribution in [0, 0.1) is 13.8 Å². The van der Waals surface area contributed by atoms with Gasteiger partial charge in [-0.3, -0.25) is 4.99 Å². The molecule has 0 bridgehead atoms. The van der Waals surface area contributed by atoms with E-state index in [1.54, 1.807) is 7.11 Å². The van der Waals surface area contributed by atoms with Gasteiger partial charge in [-0.25, -0.2) is 4.68 Å². The summed E-state index contributed by atoms with van der Waals surface area (Å²) in [6.07, 6.45) is 22.3. The molecule has 0 aliphatic heterocycles. The number of aryl methyl sites for hydroxylation is 1. The number of methoxy groups -OCH3 is 1. The van der Waals surface area contributed by atoms with Crippen molar-refractivity contribution in [2.75, 3.05) is 13.7 Å². The molecule has 5 heteroatoms. The summed E-state index contributed by atoms with van der Waals surface area (Å²) in [4.78, 5) is 5.06. The molecule has 5 nitrogen and oxygen atoms in total. The number of benzene rings is 1. The predicted octanol–water partition coefficient (Wildman–Crippen LogP) is 8.81. The lowest BCUT2D eigenvalue weighted by Crippen LogP contribution is -2.21. The SMILES string of the molecule is CC.CC/C=C(/C=C\C(C)=C\CCC)CN=C(N/C=C/CCC)c1cc(-n2cc(C)cn2)cc(OC)c1C. The second-order valence-corrected chi connectivity index (χ2v) is 9.04. The Hall–Kier alpha value is -3.34. The number of hydrogen-bond donors (Lipinski definition) is 1. The molecule has 0 atom stereocenters. The van der Waals surface area contributed by atoms with Crippen LogP contribution in [0.25, 0.3) is 5.69 Å². The van der Waals surface area contributed by atoms with E-state index in [1.807, 2.05) is 50.1 Å². The molecule has 0 saturated heterocycles. The Kier molecular flexibility index (Phi) is 16.2. The summed E-state index contributed by atoms with van der Waals surface area (Å²) < 4.78 is 7.62. The molecule has 0 saturated carbocycles. The highest BCUT2D eigenvalue weighted by atomic mass is 16.5. The summed E-state index contributed by atoms with van der Waals surface area (Å²) in [5.74, 6) is 1.63. The lowest BCUT2D eigenvalue weighted by atomic mass is 10.0. The topological polar surface area (TPSA) is 51.4 Å². The first-order valence-electron chi connectivity index (χ1n) is 14.1. The molecule has 2 rings (SSSR count). The van der Waals surface area contributed by atoms with Gasteiger partial charge in [0, 0.05) is 23.4 Å². The van der Waals surface area contributed by atoms with E-state index in [2.05, 4.69) is 81.5 Å². The maximum absolute atomic E-state index is 5.74. The highest BCUT2D eigenvalue weighted by molar-refractivity contribution is 6.01. The Bertz CT molecular complexity index is 1120. The molecule has 1 N–H and O–H groups in total. The molecular formula is C33H50N4O. The fourth-order valence-corrected chi connectivity index (χ4v) is 3.71. The van der Waals surface area contributed by atoms with Gasteiger partial charge in [-0.05, 0) is 63.4 Å². The first-order chi connectivity index (χ1) is 18.4. The molecule has 1 aromatic heterocycles. The van der Waals surface area contributed by atoms with Crippen LogP contribution >= 0.6 is 0 Å². The molecular weight excluding hydrogens is 468 g/mol. The summed E-state index contributed by atoms with van der Waals surface area (Å²) in [6, 6.07) is 4.15. The first kappa shape index (κ1) is 32.7. The van der Waals surface area contributed by atoms with E-state index in [1.165, 1.54) is 11.1 Å². The number of unbranched alkanes of at least 4 members (excludes halogenated alkanes) is 2. The van der Waals surface area contributed by atoms with Crippen LogP contribution in [0.2, 0.25) is 0 Å². The Morgan fingerprint density at radius 3 is 2.39 bits per heavy atom. The van der Waals surface area contributed by atoms with Gasteiger partial charge in [0.2, 0.25) is 0 Å². The Morgan fingerprint density at radius 1 is 1.05 bits per heavy atom. The fraction of sp³-hybridized carbons (Fsp3) is 0.455. The van der Waals surface area contributed by atoms with Crippen LogP contribution in [0.4, 0.5) is 0 Å². The van der Waals surface area contributed by atoms with Crippen molar-refractivity contribution in [2.45, 2.75) is 87.5 Å². The van der Waals surface area contributed by atoms with Gasteiger partial charge >= 0.3 is 0 Å². The zero-order chi connectivity index (χ0) is 28.3. The van der Waals surface area contributed by atoms with Gasteiger partial charge in [0.1, 0.15) is 11.6 Å². The largest absolute Gasteiger partial charge is 0.496 e. The third-order valence-electron chi connectivity index (χ3n) is 5.79. The Labute approximate surface area is 232 Å². The average molecular weight is 519 g/mol. The van der Waals surface area contributed by atoms with E-state index in [9.17, 15) is 0 Å². The van der Waals surface area contributed by atoms with Gasteiger partial charge in [-0.1, -0.05) is 83.4 Å². The summed E-state index contributed by atoms with van der Waals surface area (Å²) in [6.45, 7) is 17.4. The number of aromatic nitrogens is 2. The fourth-order valence-electron chi connectivity index (χ4n) is 3.71. The van der Waals surface area contributed by atoms with Crippen LogP contribution in [-0.2, 0) is 0 Å². The maximum atomic E-state index is 5.74. The minimum Gasteiger partial charge on any atom is -0.496 e. The van der Waals surface area contributed by atoms with E-state index in [4.69, 9.17) is 9.73 Å². The second-order valence-electron chi connectivity index (χ2n) is 9.04. The number of amidine groups is 1. The van der Waals surface area contributed by atoms with Crippen molar-refractivity contribution in [3.8, 4) is 11.4 Å². The molecule has 208 valence electrons. The molecule has 0 fully saturated rings. The Morgan fingerprint density at radius 2 is 1.79 bits per heavy atom. The van der Waals surface area contributed by atoms with E-state index >= 15 is 0 Å². The quantitative estimate of drug-likeness (QED) is 0.164. The van der Waals surface area contributed by atoms with Crippen LogP contribution in [0.5, 0.6) is 5.75 Å². The zero-order valence-corrected chi connectivity index (χ0v) is 25.3. The number of ether oxygens (including phenoxy) is 1. The molecule has 1 heterocycles. The molecule has 1 aromatic carbocycles. The number of nitrogens with one attached hydrogen (secondary N) is 1. The second kappa shape index (κ2) is 18.8. The standard InChI is InChI=1S/C31H44N4O.C2H6/c1-8-11-13-18-32-31(33-22-27(14-10-3)17-16-24(4)15-12-9-2)29-19-28(20-30(36-7)26(29)6)35-23-25(5)21-34-35;1-2/h13-21,23H,8-12,22H2,1-7H3,(H,32,33);1-2H3/b17-16-,18-13+,24-15+,27-14-;. The van der Waals surface area contributed by atoms with Gasteiger partial charge in [0.25, 0.3) is 0 Å². The van der Waals surface area contributed by atoms with Crippen LogP contribution in [0.3, 0.4) is 0 Å². The number of aliphatic imine (C=N–C) groups is 1. The highest BCUT2D eigenvalue weighted by Gasteiger charge is 2.14. The van der Waals surface area contributed by atoms with Gasteiger partial charge in [-0.2, -0.15) is 5.10 Å². The van der Waals surface area contributed by atoms with E-state index in [-0.39, 0.29) is 0 Å². The lowest BCUT2D eigenvalue weighted by Gasteiger charge is -2.16. The smallest absolute Gasteiger partial charge is 0.133 e. The van der Waals surface area contributed by atoms with Crippen molar-refractivity contribution < 1.29 is 4.74 Å². The van der Waals surface area contributed by atoms with E-state index in [0.29, 0.717) is 6.54 Å². The minimum absolute atomic E-state index is 0.586. The maximum Gasteiger partial charge on any atom is 0.133 e. The van der Waals surface area contributed by atoms with Crippen LogP contribution in [-0.4, -0.2) is 29.3 Å². The van der Waals surface area contributed by atoms with Gasteiger partial charge in [0.05, 0.1) is 25.5 Å². The number of nitrogens with zero attached hydrogens (tertiary/aromatic N) is 3. The third kappa shape index (κ3) is 11.0. The predicted molar refractivity (Wildman–Crippen MR) is 166 cm³/mol. The van der Waals surface area contributed by atoms with Crippen LogP contribution in [0.15, 0.2) is 77.2 Å². The molecule has 38 heavy (non-hydrogen) atoms. The highest BCUT2D eigenvalue weighted by Crippen LogP contribution is 2.26. The van der Waals surface area contributed by atoms with Crippen LogP contribution in [0.1, 0.15) is 90.3 Å². The van der Waals surface area contributed by atoms with E-state index in [0.717, 1.165) is 66.1 Å². The lowest BCUT2D eigenvalue weighted by molar-refractivity contribution is 0.411. The molecule has 0 unspecified atom stereocenters. The zero-order valence-electron chi connectivity index (χ0n) is 25.3. The van der Waals surface area contributed by atoms with E-state index < -0.39 is 0 Å². The van der Waals surface area contributed by atoms with Gasteiger partial charge in [0.15, 0.2) is 0 Å². The van der Waals surface area contributed by atoms with Crippen molar-refractivity contribution in [3.05, 3.63) is 88.9 Å². The van der Waals surface area contributed by atoms with Crippen molar-refractivity contribution in [1.82, 2.24) is 15.1 Å². The summed E-state index contributed by atoms with van der Waals surface area (Å²) >= 11 is 0.